The minimum absolute atomic E-state index is 0.0492. The van der Waals surface area contributed by atoms with Gasteiger partial charge in [-0.3, -0.25) is 4.79 Å². The summed E-state index contributed by atoms with van der Waals surface area (Å²) >= 11 is 0. The fourth-order valence-corrected chi connectivity index (χ4v) is 4.62. The van der Waals surface area contributed by atoms with Gasteiger partial charge in [0, 0.05) is 18.5 Å². The van der Waals surface area contributed by atoms with E-state index in [1.165, 1.54) is 11.0 Å². The smallest absolute Gasteiger partial charge is 0.416 e. The summed E-state index contributed by atoms with van der Waals surface area (Å²) in [7, 11) is 0. The number of hydrazone groups is 1. The van der Waals surface area contributed by atoms with Crippen LogP contribution in [-0.4, -0.2) is 54.1 Å². The van der Waals surface area contributed by atoms with E-state index in [4.69, 9.17) is 9.47 Å². The Bertz CT molecular complexity index is 1060. The molecule has 4 rings (SSSR count). The summed E-state index contributed by atoms with van der Waals surface area (Å²) in [6.07, 6.45) is -5.09. The first kappa shape index (κ1) is 24.2. The molecule has 1 aromatic carbocycles. The molecular weight excluding hydrogens is 453 g/mol. The monoisotopic (exact) mass is 482 g/mol. The SMILES string of the molecule is CC(c1cc2c(cc1C(F)(F)F)OCC1=NNC(=O)[C@@H](C)N12)C1(C)CN(C(=O)OC(C)(C)C)C1. The Morgan fingerprint density at radius 2 is 1.94 bits per heavy atom. The number of hydrogen-bond donors (Lipinski definition) is 1. The van der Waals surface area contributed by atoms with Crippen LogP contribution in [0.3, 0.4) is 0 Å². The molecule has 0 spiro atoms. The number of carbonyl (C=O) groups is 2. The van der Waals surface area contributed by atoms with E-state index in [1.54, 1.807) is 39.5 Å². The average molecular weight is 483 g/mol. The van der Waals surface area contributed by atoms with E-state index in [0.717, 1.165) is 6.07 Å². The highest BCUT2D eigenvalue weighted by Gasteiger charge is 2.49. The number of hydrogen-bond acceptors (Lipinski definition) is 6. The molecule has 1 saturated heterocycles. The van der Waals surface area contributed by atoms with Gasteiger partial charge in [0.2, 0.25) is 0 Å². The van der Waals surface area contributed by atoms with Crippen LogP contribution >= 0.6 is 0 Å². The predicted octanol–water partition coefficient (Wildman–Crippen LogP) is 4.10. The van der Waals surface area contributed by atoms with Gasteiger partial charge in [0.15, 0.2) is 5.84 Å². The number of nitrogens with one attached hydrogen (secondary N) is 1. The van der Waals surface area contributed by atoms with Crippen LogP contribution in [0.4, 0.5) is 23.7 Å². The number of alkyl halides is 3. The lowest BCUT2D eigenvalue weighted by Crippen LogP contribution is -2.60. The number of anilines is 1. The number of nitrogens with zero attached hydrogens (tertiary/aromatic N) is 3. The van der Waals surface area contributed by atoms with Crippen LogP contribution in [0.15, 0.2) is 17.2 Å². The van der Waals surface area contributed by atoms with E-state index in [2.05, 4.69) is 10.5 Å². The molecule has 1 N–H and O–H groups in total. The second-order valence-electron chi connectivity index (χ2n) is 10.5. The highest BCUT2D eigenvalue weighted by atomic mass is 19.4. The zero-order valence-corrected chi connectivity index (χ0v) is 20.0. The van der Waals surface area contributed by atoms with E-state index < -0.39 is 40.8 Å². The Balaban J connectivity index is 1.69. The molecule has 34 heavy (non-hydrogen) atoms. The molecule has 3 aliphatic rings. The zero-order chi connectivity index (χ0) is 25.2. The van der Waals surface area contributed by atoms with Crippen molar-refractivity contribution >= 4 is 23.5 Å². The van der Waals surface area contributed by atoms with Gasteiger partial charge in [-0.05, 0) is 51.3 Å². The van der Waals surface area contributed by atoms with Crippen molar-refractivity contribution in [3.05, 3.63) is 23.3 Å². The van der Waals surface area contributed by atoms with Crippen molar-refractivity contribution in [1.82, 2.24) is 10.3 Å². The Morgan fingerprint density at radius 1 is 1.29 bits per heavy atom. The largest absolute Gasteiger partial charge is 0.483 e. The predicted molar refractivity (Wildman–Crippen MR) is 119 cm³/mol. The van der Waals surface area contributed by atoms with Gasteiger partial charge in [-0.2, -0.15) is 18.3 Å². The Hall–Kier alpha value is -2.98. The van der Waals surface area contributed by atoms with Gasteiger partial charge in [0.05, 0.1) is 11.3 Å². The molecule has 8 nitrogen and oxygen atoms in total. The normalized spacial score (nSPS) is 22.4. The molecule has 2 amide bonds. The number of fused-ring (bicyclic) bond motifs is 3. The van der Waals surface area contributed by atoms with Gasteiger partial charge in [-0.1, -0.05) is 13.8 Å². The van der Waals surface area contributed by atoms with Crippen molar-refractivity contribution in [1.29, 1.82) is 0 Å². The summed E-state index contributed by atoms with van der Waals surface area (Å²) in [4.78, 5) is 27.7. The second kappa shape index (κ2) is 7.78. The molecule has 186 valence electrons. The maximum atomic E-state index is 14.1. The standard InChI is InChI=1S/C23H29F3N4O4/c1-12(22(6)10-29(11-22)20(32)34-21(3,4)5)14-7-16-17(8-15(14)23(24,25)26)33-9-18-27-28-19(31)13(2)30(16)18/h7-8,12-13H,9-11H2,1-6H3,(H,28,31)/t12?,13-/m1/s1. The highest BCUT2D eigenvalue weighted by Crippen LogP contribution is 2.50. The van der Waals surface area contributed by atoms with Crippen molar-refractivity contribution < 1.29 is 32.2 Å². The third-order valence-corrected chi connectivity index (χ3v) is 6.66. The highest BCUT2D eigenvalue weighted by molar-refractivity contribution is 6.09. The Kier molecular flexibility index (Phi) is 5.52. The quantitative estimate of drug-likeness (QED) is 0.687. The molecule has 3 heterocycles. The van der Waals surface area contributed by atoms with Crippen LogP contribution in [0.25, 0.3) is 0 Å². The van der Waals surface area contributed by atoms with Crippen LogP contribution in [0, 0.1) is 5.41 Å². The lowest BCUT2D eigenvalue weighted by molar-refractivity contribution is -0.139. The number of likely N-dealkylation sites (tertiary alicyclic amines) is 1. The minimum atomic E-state index is -4.60. The van der Waals surface area contributed by atoms with Gasteiger partial charge in [-0.25, -0.2) is 10.2 Å². The van der Waals surface area contributed by atoms with Crippen LogP contribution < -0.4 is 15.1 Å². The van der Waals surface area contributed by atoms with Crippen LogP contribution in [0.5, 0.6) is 5.75 Å². The number of amidine groups is 1. The lowest BCUT2D eigenvalue weighted by Gasteiger charge is -2.51. The summed E-state index contributed by atoms with van der Waals surface area (Å²) in [5, 5.41) is 4.00. The van der Waals surface area contributed by atoms with Gasteiger partial charge in [-0.15, -0.1) is 0 Å². The summed E-state index contributed by atoms with van der Waals surface area (Å²) in [5.41, 5.74) is 0.819. The third-order valence-electron chi connectivity index (χ3n) is 6.66. The van der Waals surface area contributed by atoms with E-state index >= 15 is 0 Å². The Morgan fingerprint density at radius 3 is 2.53 bits per heavy atom. The van der Waals surface area contributed by atoms with Crippen LogP contribution in [0.1, 0.15) is 58.6 Å². The first-order chi connectivity index (χ1) is 15.6. The Labute approximate surface area is 196 Å². The van der Waals surface area contributed by atoms with Crippen LogP contribution in [0.2, 0.25) is 0 Å². The van der Waals surface area contributed by atoms with E-state index in [9.17, 15) is 22.8 Å². The molecule has 0 aliphatic carbocycles. The van der Waals surface area contributed by atoms with Gasteiger partial charge in [0.25, 0.3) is 5.91 Å². The molecule has 1 aromatic rings. The molecule has 11 heteroatoms. The number of carbonyl (C=O) groups excluding carboxylic acids is 2. The summed E-state index contributed by atoms with van der Waals surface area (Å²) in [6, 6.07) is 1.80. The van der Waals surface area contributed by atoms with Crippen molar-refractivity contribution in [3.8, 4) is 5.75 Å². The molecular formula is C23H29F3N4O4. The molecule has 0 radical (unpaired) electrons. The topological polar surface area (TPSA) is 83.5 Å². The van der Waals surface area contributed by atoms with E-state index in [1.807, 2.05) is 6.92 Å². The molecule has 0 saturated carbocycles. The number of benzene rings is 1. The number of rotatable bonds is 2. The maximum absolute atomic E-state index is 14.1. The summed E-state index contributed by atoms with van der Waals surface area (Å²) in [6.45, 7) is 11.0. The van der Waals surface area contributed by atoms with Crippen molar-refractivity contribution in [2.45, 2.75) is 65.3 Å². The molecule has 0 aromatic heterocycles. The van der Waals surface area contributed by atoms with E-state index in [-0.39, 0.29) is 36.9 Å². The molecule has 1 unspecified atom stereocenters. The van der Waals surface area contributed by atoms with Gasteiger partial charge in [0.1, 0.15) is 24.0 Å². The summed E-state index contributed by atoms with van der Waals surface area (Å²) in [5.74, 6) is -0.434. The molecule has 0 bridgehead atoms. The third kappa shape index (κ3) is 4.16. The number of halogens is 3. The fourth-order valence-electron chi connectivity index (χ4n) is 4.62. The van der Waals surface area contributed by atoms with Crippen molar-refractivity contribution in [2.24, 2.45) is 10.5 Å². The second-order valence-corrected chi connectivity index (χ2v) is 10.5. The number of amides is 2. The molecule has 2 atom stereocenters. The minimum Gasteiger partial charge on any atom is -0.483 e. The lowest BCUT2D eigenvalue weighted by atomic mass is 9.68. The van der Waals surface area contributed by atoms with Gasteiger partial charge < -0.3 is 19.3 Å². The first-order valence-electron chi connectivity index (χ1n) is 11.1. The zero-order valence-electron chi connectivity index (χ0n) is 20.0. The molecule has 1 fully saturated rings. The average Bonchev–Trinajstić information content (AvgIpc) is 2.70. The van der Waals surface area contributed by atoms with E-state index in [0.29, 0.717) is 11.5 Å². The number of ether oxygens (including phenoxy) is 2. The van der Waals surface area contributed by atoms with Crippen molar-refractivity contribution in [3.63, 3.8) is 0 Å². The molecule has 3 aliphatic heterocycles. The van der Waals surface area contributed by atoms with Gasteiger partial charge >= 0.3 is 12.3 Å². The fraction of sp³-hybridized carbons (Fsp3) is 0.609. The maximum Gasteiger partial charge on any atom is 0.416 e. The van der Waals surface area contributed by atoms with Crippen molar-refractivity contribution in [2.75, 3.05) is 24.6 Å². The first-order valence-corrected chi connectivity index (χ1v) is 11.1. The van der Waals surface area contributed by atoms with Crippen LogP contribution in [-0.2, 0) is 15.7 Å². The summed E-state index contributed by atoms with van der Waals surface area (Å²) < 4.78 is 53.3.